The summed E-state index contributed by atoms with van der Waals surface area (Å²) in [6.45, 7) is 2.99. The van der Waals surface area contributed by atoms with Crippen LogP contribution in [0.25, 0.3) is 0 Å². The molecule has 0 aromatic heterocycles. The molecule has 0 spiro atoms. The Balaban J connectivity index is 1.91. The smallest absolute Gasteiger partial charge is 0.223 e. The average Bonchev–Trinajstić information content (AvgIpc) is 2.58. The molecule has 0 bridgehead atoms. The molecule has 1 fully saturated rings. The highest BCUT2D eigenvalue weighted by molar-refractivity contribution is 7.88. The number of hydrogen-bond donors (Lipinski definition) is 1. The van der Waals surface area contributed by atoms with E-state index in [4.69, 9.17) is 27.9 Å². The molecule has 1 aliphatic heterocycles. The van der Waals surface area contributed by atoms with Gasteiger partial charge < -0.3 is 10.1 Å². The van der Waals surface area contributed by atoms with Crippen LogP contribution in [0.5, 0.6) is 0 Å². The summed E-state index contributed by atoms with van der Waals surface area (Å²) in [6.07, 6.45) is 1.01. The van der Waals surface area contributed by atoms with Crippen LogP contribution in [-0.2, 0) is 25.3 Å². The van der Waals surface area contributed by atoms with Crippen LogP contribution in [0.2, 0.25) is 10.0 Å². The van der Waals surface area contributed by atoms with E-state index in [1.54, 1.807) is 25.3 Å². The highest BCUT2D eigenvalue weighted by atomic mass is 35.5. The molecule has 26 heavy (non-hydrogen) atoms. The summed E-state index contributed by atoms with van der Waals surface area (Å²) in [5, 5.41) is 3.62. The van der Waals surface area contributed by atoms with Gasteiger partial charge in [-0.15, -0.1) is 0 Å². The molecule has 9 heteroatoms. The van der Waals surface area contributed by atoms with Gasteiger partial charge in [-0.2, -0.15) is 0 Å². The van der Waals surface area contributed by atoms with Crippen molar-refractivity contribution in [2.24, 2.45) is 5.92 Å². The van der Waals surface area contributed by atoms with E-state index in [1.807, 2.05) is 6.92 Å². The number of benzene rings is 1. The Labute approximate surface area is 164 Å². The third kappa shape index (κ3) is 5.82. The molecular formula is C17H24Cl2N2O4S. The highest BCUT2D eigenvalue weighted by Crippen LogP contribution is 2.26. The van der Waals surface area contributed by atoms with E-state index in [-0.39, 0.29) is 23.6 Å². The first kappa shape index (κ1) is 21.4. The number of amides is 1. The van der Waals surface area contributed by atoms with E-state index in [9.17, 15) is 13.2 Å². The van der Waals surface area contributed by atoms with Gasteiger partial charge in [-0.1, -0.05) is 29.3 Å². The van der Waals surface area contributed by atoms with Crippen LogP contribution < -0.4 is 5.32 Å². The van der Waals surface area contributed by atoms with Crippen LogP contribution in [0, 0.1) is 5.92 Å². The molecule has 1 atom stereocenters. The van der Waals surface area contributed by atoms with Crippen molar-refractivity contribution in [3.05, 3.63) is 33.8 Å². The molecule has 1 N–H and O–H groups in total. The van der Waals surface area contributed by atoms with Crippen LogP contribution in [0.1, 0.15) is 25.3 Å². The Bertz CT molecular complexity index is 734. The van der Waals surface area contributed by atoms with Gasteiger partial charge in [0.25, 0.3) is 0 Å². The number of halogens is 2. The zero-order valence-electron chi connectivity index (χ0n) is 14.9. The fraction of sp³-hybridized carbons (Fsp3) is 0.588. The van der Waals surface area contributed by atoms with Gasteiger partial charge in [0, 0.05) is 32.2 Å². The summed E-state index contributed by atoms with van der Waals surface area (Å²) in [5.74, 6) is -0.354. The van der Waals surface area contributed by atoms with Crippen LogP contribution >= 0.6 is 23.2 Å². The van der Waals surface area contributed by atoms with E-state index in [2.05, 4.69) is 5.32 Å². The minimum atomic E-state index is -3.47. The molecule has 1 aliphatic rings. The van der Waals surface area contributed by atoms with Gasteiger partial charge in [-0.3, -0.25) is 4.79 Å². The van der Waals surface area contributed by atoms with Crippen molar-refractivity contribution in [2.75, 3.05) is 26.8 Å². The second kappa shape index (κ2) is 9.37. The molecule has 146 valence electrons. The van der Waals surface area contributed by atoms with Gasteiger partial charge >= 0.3 is 0 Å². The molecular weight excluding hydrogens is 399 g/mol. The predicted octanol–water partition coefficient (Wildman–Crippen LogP) is 2.69. The number of nitrogens with zero attached hydrogens (tertiary/aromatic N) is 1. The van der Waals surface area contributed by atoms with Gasteiger partial charge in [0.2, 0.25) is 15.9 Å². The lowest BCUT2D eigenvalue weighted by Gasteiger charge is -2.31. The number of nitrogens with one attached hydrogen (secondary N) is 1. The lowest BCUT2D eigenvalue weighted by Crippen LogP contribution is -2.45. The van der Waals surface area contributed by atoms with E-state index >= 15 is 0 Å². The van der Waals surface area contributed by atoms with Crippen molar-refractivity contribution in [1.29, 1.82) is 0 Å². The Morgan fingerprint density at radius 1 is 1.31 bits per heavy atom. The number of carbonyl (C=O) groups excluding carboxylic acids is 1. The average molecular weight is 423 g/mol. The van der Waals surface area contributed by atoms with Crippen LogP contribution in [-0.4, -0.2) is 51.5 Å². The van der Waals surface area contributed by atoms with E-state index in [0.29, 0.717) is 48.1 Å². The molecule has 1 saturated heterocycles. The lowest BCUT2D eigenvalue weighted by molar-refractivity contribution is -0.127. The van der Waals surface area contributed by atoms with Crippen LogP contribution in [0.15, 0.2) is 18.2 Å². The highest BCUT2D eigenvalue weighted by Gasteiger charge is 2.31. The predicted molar refractivity (Wildman–Crippen MR) is 103 cm³/mol. The number of methoxy groups -OCH3 is 1. The molecule has 0 radical (unpaired) electrons. The Morgan fingerprint density at radius 2 is 1.96 bits per heavy atom. The van der Waals surface area contributed by atoms with Crippen LogP contribution in [0.3, 0.4) is 0 Å². The molecule has 6 nitrogen and oxygen atoms in total. The minimum absolute atomic E-state index is 0.0453. The molecule has 1 aromatic carbocycles. The minimum Gasteiger partial charge on any atom is -0.383 e. The largest absolute Gasteiger partial charge is 0.383 e. The van der Waals surface area contributed by atoms with E-state index < -0.39 is 10.0 Å². The zero-order valence-corrected chi connectivity index (χ0v) is 17.2. The molecule has 0 aliphatic carbocycles. The van der Waals surface area contributed by atoms with Gasteiger partial charge in [0.05, 0.1) is 22.4 Å². The summed E-state index contributed by atoms with van der Waals surface area (Å²) in [7, 11) is -1.88. The summed E-state index contributed by atoms with van der Waals surface area (Å²) < 4.78 is 31.7. The first-order valence-corrected chi connectivity index (χ1v) is 10.8. The summed E-state index contributed by atoms with van der Waals surface area (Å²) >= 11 is 11.8. The molecule has 0 saturated carbocycles. The summed E-state index contributed by atoms with van der Waals surface area (Å²) in [6, 6.07) is 4.75. The SMILES string of the molecule is COC[C@H](C)NC(=O)C1CCN(S(=O)(=O)Cc2ccc(Cl)c(Cl)c2)CC1. The van der Waals surface area contributed by atoms with E-state index in [1.165, 1.54) is 4.31 Å². The van der Waals surface area contributed by atoms with Crippen molar-refractivity contribution in [3.63, 3.8) is 0 Å². The number of piperidine rings is 1. The zero-order chi connectivity index (χ0) is 19.3. The summed E-state index contributed by atoms with van der Waals surface area (Å²) in [5.41, 5.74) is 0.590. The monoisotopic (exact) mass is 422 g/mol. The lowest BCUT2D eigenvalue weighted by atomic mass is 9.97. The Hall–Kier alpha value is -0.860. The Morgan fingerprint density at radius 3 is 2.54 bits per heavy atom. The maximum Gasteiger partial charge on any atom is 0.223 e. The molecule has 0 unspecified atom stereocenters. The topological polar surface area (TPSA) is 75.7 Å². The number of hydrogen-bond acceptors (Lipinski definition) is 4. The maximum absolute atomic E-state index is 12.6. The number of rotatable bonds is 7. The van der Waals surface area contributed by atoms with E-state index in [0.717, 1.165) is 0 Å². The molecule has 1 amide bonds. The fourth-order valence-electron chi connectivity index (χ4n) is 2.98. The number of sulfonamides is 1. The van der Waals surface area contributed by atoms with Crippen molar-refractivity contribution >= 4 is 39.1 Å². The van der Waals surface area contributed by atoms with Gasteiger partial charge in [-0.25, -0.2) is 12.7 Å². The molecule has 2 rings (SSSR count). The third-order valence-corrected chi connectivity index (χ3v) is 6.95. The van der Waals surface area contributed by atoms with Crippen molar-refractivity contribution in [3.8, 4) is 0 Å². The van der Waals surface area contributed by atoms with Gasteiger partial charge in [0.1, 0.15) is 0 Å². The first-order chi connectivity index (χ1) is 12.2. The second-order valence-corrected chi connectivity index (χ2v) is 9.33. The standard InChI is InChI=1S/C17H24Cl2N2O4S/c1-12(10-25-2)20-17(22)14-5-7-21(8-6-14)26(23,24)11-13-3-4-15(18)16(19)9-13/h3-4,9,12,14H,5-8,10-11H2,1-2H3,(H,20,22)/t12-/m0/s1. The van der Waals surface area contributed by atoms with Crippen molar-refractivity contribution in [2.45, 2.75) is 31.6 Å². The van der Waals surface area contributed by atoms with Crippen molar-refractivity contribution < 1.29 is 17.9 Å². The van der Waals surface area contributed by atoms with Crippen molar-refractivity contribution in [1.82, 2.24) is 9.62 Å². The van der Waals surface area contributed by atoms with Gasteiger partial charge in [-0.05, 0) is 37.5 Å². The number of ether oxygens (including phenoxy) is 1. The Kier molecular flexibility index (Phi) is 7.73. The van der Waals surface area contributed by atoms with Gasteiger partial charge in [0.15, 0.2) is 0 Å². The summed E-state index contributed by atoms with van der Waals surface area (Å²) in [4.78, 5) is 12.2. The van der Waals surface area contributed by atoms with Crippen LogP contribution in [0.4, 0.5) is 0 Å². The third-order valence-electron chi connectivity index (χ3n) is 4.36. The fourth-order valence-corrected chi connectivity index (χ4v) is 4.85. The normalized spacial score (nSPS) is 17.8. The maximum atomic E-state index is 12.6. The quantitative estimate of drug-likeness (QED) is 0.732. The first-order valence-electron chi connectivity index (χ1n) is 8.44. The number of carbonyl (C=O) groups is 1. The molecule has 1 aromatic rings. The molecule has 1 heterocycles. The second-order valence-electron chi connectivity index (χ2n) is 6.54.